The summed E-state index contributed by atoms with van der Waals surface area (Å²) in [6.45, 7) is 0.403. The van der Waals surface area contributed by atoms with Gasteiger partial charge >= 0.3 is 12.1 Å². The number of nitrogens with one attached hydrogen (secondary N) is 2. The number of ether oxygens (including phenoxy) is 1. The molecule has 0 spiro atoms. The van der Waals surface area contributed by atoms with Crippen molar-refractivity contribution in [2.24, 2.45) is 0 Å². The number of carbonyl (C=O) groups is 2. The van der Waals surface area contributed by atoms with Gasteiger partial charge in [0.25, 0.3) is 0 Å². The number of ketones is 1. The smallest absolute Gasteiger partial charge is 0.416 e. The average Bonchev–Trinajstić information content (AvgIpc) is 3.15. The number of benzene rings is 2. The first-order chi connectivity index (χ1) is 14.9. The number of hydrogen-bond acceptors (Lipinski definition) is 5. The summed E-state index contributed by atoms with van der Waals surface area (Å²) >= 11 is 5.73. The Morgan fingerprint density at radius 3 is 2.56 bits per heavy atom. The fourth-order valence-corrected chi connectivity index (χ4v) is 4.40. The quantitative estimate of drug-likeness (QED) is 0.387. The van der Waals surface area contributed by atoms with E-state index in [1.165, 1.54) is 13.1 Å². The number of aromatic amines is 1. The van der Waals surface area contributed by atoms with Crippen LogP contribution in [0.4, 0.5) is 13.2 Å². The second kappa shape index (κ2) is 8.93. The Morgan fingerprint density at radius 1 is 1.19 bits per heavy atom. The molecule has 3 aromatic rings. The highest BCUT2D eigenvalue weighted by Crippen LogP contribution is 2.33. The fraction of sp³-hybridized carbons (Fsp3) is 0.200. The zero-order chi connectivity index (χ0) is 23.7. The topological polar surface area (TPSA) is 105 Å². The predicted molar refractivity (Wildman–Crippen MR) is 110 cm³/mol. The third-order valence-corrected chi connectivity index (χ3v) is 6.37. The van der Waals surface area contributed by atoms with Gasteiger partial charge in [-0.05, 0) is 31.2 Å². The maximum absolute atomic E-state index is 12.9. The lowest BCUT2D eigenvalue weighted by molar-refractivity contribution is -0.144. The molecule has 1 atom stereocenters. The van der Waals surface area contributed by atoms with E-state index in [2.05, 4.69) is 4.98 Å². The molecule has 0 amide bonds. The molecule has 7 nitrogen and oxygen atoms in total. The highest BCUT2D eigenvalue weighted by atomic mass is 35.5. The number of alkyl halides is 3. The highest BCUT2D eigenvalue weighted by Gasteiger charge is 2.33. The van der Waals surface area contributed by atoms with Crippen LogP contribution in [0, 0.1) is 0 Å². The number of aromatic nitrogens is 1. The van der Waals surface area contributed by atoms with Crippen molar-refractivity contribution in [3.05, 3.63) is 64.8 Å². The summed E-state index contributed by atoms with van der Waals surface area (Å²) in [4.78, 5) is 26.7. The van der Waals surface area contributed by atoms with Gasteiger partial charge in [0.15, 0.2) is 6.10 Å². The van der Waals surface area contributed by atoms with Gasteiger partial charge in [0.05, 0.1) is 10.6 Å². The Bertz CT molecular complexity index is 1290. The molecule has 0 bridgehead atoms. The minimum absolute atomic E-state index is 0.289. The molecule has 0 aliphatic heterocycles. The minimum atomic E-state index is -4.79. The van der Waals surface area contributed by atoms with Gasteiger partial charge in [-0.25, -0.2) is 8.42 Å². The van der Waals surface area contributed by atoms with E-state index in [1.54, 1.807) is 24.3 Å². The Labute approximate surface area is 185 Å². The van der Waals surface area contributed by atoms with E-state index in [-0.39, 0.29) is 5.56 Å². The molecule has 0 aliphatic rings. The maximum atomic E-state index is 12.9. The van der Waals surface area contributed by atoms with Crippen LogP contribution in [-0.4, -0.2) is 37.8 Å². The number of H-pyrrole nitrogens is 1. The molecule has 170 valence electrons. The van der Waals surface area contributed by atoms with Crippen molar-refractivity contribution >= 4 is 44.3 Å². The van der Waals surface area contributed by atoms with Gasteiger partial charge in [-0.3, -0.25) is 9.59 Å². The van der Waals surface area contributed by atoms with Crippen LogP contribution in [0.25, 0.3) is 10.9 Å². The van der Waals surface area contributed by atoms with E-state index in [9.17, 15) is 31.2 Å². The third-order valence-electron chi connectivity index (χ3n) is 4.49. The van der Waals surface area contributed by atoms with E-state index in [0.29, 0.717) is 23.0 Å². The van der Waals surface area contributed by atoms with Gasteiger partial charge in [-0.1, -0.05) is 29.8 Å². The Morgan fingerprint density at radius 2 is 1.88 bits per heavy atom. The molecule has 1 aromatic heterocycles. The molecule has 0 saturated carbocycles. The van der Waals surface area contributed by atoms with Crippen molar-refractivity contribution < 1.29 is 35.9 Å². The number of carbonyl (C=O) groups excluding carboxylic acids is 2. The van der Waals surface area contributed by atoms with E-state index in [1.807, 2.05) is 4.72 Å². The van der Waals surface area contributed by atoms with Crippen LogP contribution in [0.3, 0.4) is 0 Å². The van der Waals surface area contributed by atoms with Crippen molar-refractivity contribution in [1.29, 1.82) is 0 Å². The van der Waals surface area contributed by atoms with Gasteiger partial charge in [0.2, 0.25) is 15.8 Å². The molecule has 3 rings (SSSR count). The van der Waals surface area contributed by atoms with Crippen LogP contribution in [0.15, 0.2) is 53.6 Å². The summed E-state index contributed by atoms with van der Waals surface area (Å²) in [5, 5.41) is 0.169. The SMILES string of the molecule is CC(OC(=O)CNS(=O)(=O)c1cc(C(F)(F)F)ccc1Cl)C(=O)c1c[nH]c2ccccc12. The molecule has 0 aliphatic carbocycles. The fourth-order valence-electron chi connectivity index (χ4n) is 2.90. The van der Waals surface area contributed by atoms with Crippen molar-refractivity contribution in [3.8, 4) is 0 Å². The Kier molecular flexibility index (Phi) is 6.63. The molecule has 0 saturated heterocycles. The van der Waals surface area contributed by atoms with Crippen LogP contribution in [0.1, 0.15) is 22.8 Å². The van der Waals surface area contributed by atoms with Crippen LogP contribution in [0.5, 0.6) is 0 Å². The molecular weight excluding hydrogens is 473 g/mol. The Balaban J connectivity index is 1.67. The van der Waals surface area contributed by atoms with Gasteiger partial charge in [-0.15, -0.1) is 0 Å². The molecule has 0 fully saturated rings. The zero-order valence-electron chi connectivity index (χ0n) is 16.4. The first-order valence-corrected chi connectivity index (χ1v) is 10.9. The van der Waals surface area contributed by atoms with Crippen molar-refractivity contribution in [2.45, 2.75) is 24.1 Å². The number of esters is 1. The molecule has 12 heteroatoms. The zero-order valence-corrected chi connectivity index (χ0v) is 17.9. The number of sulfonamides is 1. The lowest BCUT2D eigenvalue weighted by atomic mass is 10.1. The van der Waals surface area contributed by atoms with E-state index >= 15 is 0 Å². The van der Waals surface area contributed by atoms with E-state index in [0.717, 1.165) is 6.07 Å². The maximum Gasteiger partial charge on any atom is 0.416 e. The first-order valence-electron chi connectivity index (χ1n) is 9.06. The average molecular weight is 489 g/mol. The van der Waals surface area contributed by atoms with Gasteiger partial charge in [-0.2, -0.15) is 17.9 Å². The molecule has 32 heavy (non-hydrogen) atoms. The number of halogens is 4. The van der Waals surface area contributed by atoms with Crippen LogP contribution < -0.4 is 4.72 Å². The normalized spacial score (nSPS) is 13.2. The lowest BCUT2D eigenvalue weighted by Gasteiger charge is -2.14. The summed E-state index contributed by atoms with van der Waals surface area (Å²) in [6.07, 6.45) is -4.55. The van der Waals surface area contributed by atoms with Crippen molar-refractivity contribution in [3.63, 3.8) is 0 Å². The predicted octanol–water partition coefficient (Wildman–Crippen LogP) is 3.93. The first kappa shape index (κ1) is 23.8. The standard InChI is InChI=1S/C20H16ClF3N2O5S/c1-11(19(28)14-9-25-16-5-3-2-4-13(14)16)31-18(27)10-26-32(29,30)17-8-12(20(22,23)24)6-7-15(17)21/h2-9,11,25-26H,10H2,1H3. The highest BCUT2D eigenvalue weighted by molar-refractivity contribution is 7.89. The number of Topliss-reactive ketones (excluding diaryl/α,β-unsaturated/α-hetero) is 1. The van der Waals surface area contributed by atoms with E-state index < -0.39 is 56.1 Å². The minimum Gasteiger partial charge on any atom is -0.453 e. The number of para-hydroxylation sites is 1. The molecule has 0 radical (unpaired) electrons. The monoisotopic (exact) mass is 488 g/mol. The third kappa shape index (κ3) is 5.12. The summed E-state index contributed by atoms with van der Waals surface area (Å²) in [6, 6.07) is 8.76. The van der Waals surface area contributed by atoms with Gasteiger partial charge in [0, 0.05) is 22.7 Å². The number of hydrogen-bond donors (Lipinski definition) is 2. The lowest BCUT2D eigenvalue weighted by Crippen LogP contribution is -2.34. The van der Waals surface area contributed by atoms with Crippen LogP contribution in [-0.2, 0) is 25.7 Å². The second-order valence-electron chi connectivity index (χ2n) is 6.71. The summed E-state index contributed by atoms with van der Waals surface area (Å²) < 4.78 is 70.1. The van der Waals surface area contributed by atoms with Crippen molar-refractivity contribution in [2.75, 3.05) is 6.54 Å². The van der Waals surface area contributed by atoms with Gasteiger partial charge < -0.3 is 9.72 Å². The molecule has 2 aromatic carbocycles. The molecule has 2 N–H and O–H groups in total. The molecule has 1 heterocycles. The molecule has 1 unspecified atom stereocenters. The second-order valence-corrected chi connectivity index (χ2v) is 8.85. The van der Waals surface area contributed by atoms with Crippen molar-refractivity contribution in [1.82, 2.24) is 9.71 Å². The van der Waals surface area contributed by atoms with Crippen LogP contribution in [0.2, 0.25) is 5.02 Å². The van der Waals surface area contributed by atoms with Crippen LogP contribution >= 0.6 is 11.6 Å². The van der Waals surface area contributed by atoms with Gasteiger partial charge in [0.1, 0.15) is 11.4 Å². The largest absolute Gasteiger partial charge is 0.453 e. The molecular formula is C20H16ClF3N2O5S. The number of rotatable bonds is 7. The Hall–Kier alpha value is -2.89. The summed E-state index contributed by atoms with van der Waals surface area (Å²) in [5.41, 5.74) is -0.222. The number of fused-ring (bicyclic) bond motifs is 1. The summed E-state index contributed by atoms with van der Waals surface area (Å²) in [7, 11) is -4.57. The summed E-state index contributed by atoms with van der Waals surface area (Å²) in [5.74, 6) is -1.61. The van der Waals surface area contributed by atoms with E-state index in [4.69, 9.17) is 16.3 Å².